The lowest BCUT2D eigenvalue weighted by molar-refractivity contribution is -0.127. The van der Waals surface area contributed by atoms with E-state index in [2.05, 4.69) is 10.6 Å². The van der Waals surface area contributed by atoms with Crippen molar-refractivity contribution in [3.8, 4) is 33.6 Å². The van der Waals surface area contributed by atoms with E-state index in [9.17, 15) is 19.2 Å². The van der Waals surface area contributed by atoms with E-state index in [-0.39, 0.29) is 37.6 Å². The SMILES string of the molecule is CC(C)OP(=O)(OC(C)C)n1cc(-c2ccc(-c3ccc(-c4cn(P(=O)(OC(C)C)OC(C)C)c([C@@H](NC(=O)[C@@H]5C[C@@H](F)CN5C(=O)OC(C)(C)C)C(C)(C)C)n4)cc3)cc2)nc1[C@@H](NC(=O)C1C[C@@H](F)CN1C(=O)OC(C)(C)C)C(C)(C)C. The monoisotopic (exact) mass is 1210 g/mol. The van der Waals surface area contributed by atoms with Crippen LogP contribution in [0.4, 0.5) is 18.4 Å². The van der Waals surface area contributed by atoms with Crippen molar-refractivity contribution in [2.45, 2.75) is 223 Å². The summed E-state index contributed by atoms with van der Waals surface area (Å²) in [5, 5.41) is 6.07. The van der Waals surface area contributed by atoms with Crippen LogP contribution in [0.1, 0.15) is 175 Å². The minimum Gasteiger partial charge on any atom is -0.444 e. The summed E-state index contributed by atoms with van der Waals surface area (Å²) in [6.07, 6.45) is -4.19. The van der Waals surface area contributed by atoms with Crippen LogP contribution in [0.15, 0.2) is 60.9 Å². The van der Waals surface area contributed by atoms with Crippen molar-refractivity contribution in [3.05, 3.63) is 72.6 Å². The number of likely N-dealkylation sites (tertiary alicyclic amines) is 2. The highest BCUT2D eigenvalue weighted by Gasteiger charge is 2.48. The quantitative estimate of drug-likeness (QED) is 0.0834. The highest BCUT2D eigenvalue weighted by molar-refractivity contribution is 7.52. The molecule has 0 radical (unpaired) electrons. The third kappa shape index (κ3) is 16.9. The predicted molar refractivity (Wildman–Crippen MR) is 318 cm³/mol. The number of hydrogen-bond acceptors (Lipinski definition) is 14. The molecule has 4 heterocycles. The van der Waals surface area contributed by atoms with Crippen LogP contribution in [0.25, 0.3) is 33.6 Å². The van der Waals surface area contributed by atoms with Gasteiger partial charge in [0.2, 0.25) is 11.8 Å². The molecule has 24 heteroatoms. The first-order chi connectivity index (χ1) is 38.6. The zero-order valence-corrected chi connectivity index (χ0v) is 54.4. The average molecular weight is 1220 g/mol. The fraction of sp³-hybridized carbons (Fsp3) is 0.633. The minimum absolute atomic E-state index is 0.145. The van der Waals surface area contributed by atoms with Gasteiger partial charge in [-0.3, -0.25) is 37.5 Å². The first-order valence-electron chi connectivity index (χ1n) is 28.8. The Morgan fingerprint density at radius 2 is 0.774 bits per heavy atom. The number of aromatic nitrogens is 4. The van der Waals surface area contributed by atoms with Crippen molar-refractivity contribution in [1.82, 2.24) is 39.1 Å². The van der Waals surface area contributed by atoms with Crippen LogP contribution >= 0.6 is 15.5 Å². The van der Waals surface area contributed by atoms with E-state index in [0.29, 0.717) is 22.5 Å². The fourth-order valence-corrected chi connectivity index (χ4v) is 13.7. The van der Waals surface area contributed by atoms with Crippen molar-refractivity contribution < 1.29 is 64.7 Å². The molecule has 2 saturated heterocycles. The number of carbonyl (C=O) groups excluding carboxylic acids is 4. The van der Waals surface area contributed by atoms with Crippen LogP contribution in [0.2, 0.25) is 0 Å². The number of ether oxygens (including phenoxy) is 2. The van der Waals surface area contributed by atoms with E-state index in [1.807, 2.05) is 90.1 Å². The molecule has 6 rings (SSSR count). The van der Waals surface area contributed by atoms with E-state index in [1.165, 1.54) is 8.68 Å². The van der Waals surface area contributed by atoms with Gasteiger partial charge in [0.1, 0.15) is 47.3 Å². The van der Waals surface area contributed by atoms with Crippen molar-refractivity contribution in [1.29, 1.82) is 0 Å². The Bertz CT molecular complexity index is 2830. The molecule has 2 aromatic carbocycles. The molecule has 1 unspecified atom stereocenters. The van der Waals surface area contributed by atoms with Crippen molar-refractivity contribution in [2.24, 2.45) is 10.8 Å². The molecule has 466 valence electrons. The lowest BCUT2D eigenvalue weighted by Gasteiger charge is -2.35. The molecule has 4 aromatic rings. The summed E-state index contributed by atoms with van der Waals surface area (Å²) in [6.45, 7) is 34.5. The molecule has 0 spiro atoms. The lowest BCUT2D eigenvalue weighted by Crippen LogP contribution is -2.50. The number of benzene rings is 2. The topological polar surface area (TPSA) is 224 Å². The molecule has 0 saturated carbocycles. The molecule has 0 aliphatic carbocycles. The molecular formula is C60H90F2N8O12P2. The normalized spacial score (nSPS) is 19.2. The summed E-state index contributed by atoms with van der Waals surface area (Å²) < 4.78 is 98.7. The van der Waals surface area contributed by atoms with Crippen LogP contribution in [0.3, 0.4) is 0 Å². The second kappa shape index (κ2) is 25.8. The molecule has 2 aliphatic heterocycles. The number of nitrogens with zero attached hydrogens (tertiary/aromatic N) is 6. The van der Waals surface area contributed by atoms with Crippen LogP contribution in [0.5, 0.6) is 0 Å². The number of halogens is 2. The standard InChI is InChI=1S/C60H90F2N8O12P2/c1-35(2)79-83(75,80-36(3)4)69-33-45(63-51(69)49(57(9,10)11)65-53(71)47-29-43(61)31-67(47)55(73)77-59(15,16)17)41-25-21-39(22-26-41)40-23-27-42(28-24-40)46-34-70(84(76,81-37(5)6)82-38(7)8)52(64-46)50(58(12,13)14)66-54(72)48-30-44(62)32-68(48)56(74)78-60(18,19)20/h21-28,33-38,43-44,47-50H,29-32H2,1-20H3,(H,65,71)(H,66,72)/t43-,44-,47+,48?,49-,50-/m1/s1. The van der Waals surface area contributed by atoms with Crippen LogP contribution in [-0.2, 0) is 46.3 Å². The second-order valence-corrected chi connectivity index (χ2v) is 30.5. The first kappa shape index (κ1) is 67.6. The molecule has 4 amide bonds. The molecule has 2 N–H and O–H groups in total. The summed E-state index contributed by atoms with van der Waals surface area (Å²) in [4.78, 5) is 67.6. The molecule has 6 atom stereocenters. The van der Waals surface area contributed by atoms with Crippen molar-refractivity contribution >= 4 is 39.5 Å². The summed E-state index contributed by atoms with van der Waals surface area (Å²) in [6, 6.07) is 10.6. The van der Waals surface area contributed by atoms with Gasteiger partial charge >= 0.3 is 27.7 Å². The molecule has 2 aliphatic rings. The van der Waals surface area contributed by atoms with Crippen LogP contribution in [0, 0.1) is 10.8 Å². The highest BCUT2D eigenvalue weighted by atomic mass is 31.2. The van der Waals surface area contributed by atoms with E-state index in [1.54, 1.807) is 109 Å². The van der Waals surface area contributed by atoms with E-state index >= 15 is 17.9 Å². The minimum atomic E-state index is -4.25. The number of nitrogens with one attached hydrogen (secondary N) is 2. The van der Waals surface area contributed by atoms with Gasteiger partial charge in [0.15, 0.2) is 0 Å². The number of alkyl halides is 2. The van der Waals surface area contributed by atoms with Crippen LogP contribution in [-0.4, -0.2) is 126 Å². The lowest BCUT2D eigenvalue weighted by atomic mass is 9.86. The van der Waals surface area contributed by atoms with E-state index < -0.39 is 122 Å². The van der Waals surface area contributed by atoms with Crippen LogP contribution < -0.4 is 10.6 Å². The van der Waals surface area contributed by atoms with Gasteiger partial charge in [-0.15, -0.1) is 0 Å². The Hall–Kier alpha value is -5.50. The largest absolute Gasteiger partial charge is 0.444 e. The maximum absolute atomic E-state index is 15.1. The number of amides is 4. The molecule has 2 fully saturated rings. The van der Waals surface area contributed by atoms with Gasteiger partial charge < -0.3 is 20.1 Å². The van der Waals surface area contributed by atoms with Gasteiger partial charge in [0, 0.05) is 36.4 Å². The first-order valence-corrected chi connectivity index (χ1v) is 31.8. The number of hydrogen-bond donors (Lipinski definition) is 2. The number of imidazole rings is 2. The molecular weight excluding hydrogens is 1120 g/mol. The van der Waals surface area contributed by atoms with E-state index in [4.69, 9.17) is 37.5 Å². The highest BCUT2D eigenvalue weighted by Crippen LogP contribution is 2.56. The summed E-state index contributed by atoms with van der Waals surface area (Å²) in [5.41, 5.74) is 0.201. The Kier molecular flexibility index (Phi) is 20.8. The second-order valence-electron chi connectivity index (χ2n) is 26.9. The Balaban J connectivity index is 1.38. The molecule has 84 heavy (non-hydrogen) atoms. The fourth-order valence-electron chi connectivity index (χ4n) is 9.75. The Morgan fingerprint density at radius 1 is 0.500 bits per heavy atom. The third-order valence-corrected chi connectivity index (χ3v) is 17.7. The van der Waals surface area contributed by atoms with Crippen molar-refractivity contribution in [3.63, 3.8) is 0 Å². The molecule has 2 aromatic heterocycles. The number of carbonyl (C=O) groups is 4. The Labute approximate surface area is 495 Å². The molecule has 0 bridgehead atoms. The summed E-state index contributed by atoms with van der Waals surface area (Å²) in [7, 11) is -8.50. The predicted octanol–water partition coefficient (Wildman–Crippen LogP) is 13.8. The maximum Gasteiger partial charge on any atom is 0.440 e. The zero-order chi connectivity index (χ0) is 63.0. The third-order valence-electron chi connectivity index (χ3n) is 13.2. The number of rotatable bonds is 19. The van der Waals surface area contributed by atoms with Gasteiger partial charge in [-0.05, 0) is 119 Å². The summed E-state index contributed by atoms with van der Waals surface area (Å²) >= 11 is 0. The average Bonchev–Trinajstić information content (AvgIpc) is 2.08. The summed E-state index contributed by atoms with van der Waals surface area (Å²) in [5.74, 6) is -0.994. The van der Waals surface area contributed by atoms with Gasteiger partial charge in [-0.2, -0.15) is 0 Å². The van der Waals surface area contributed by atoms with E-state index in [0.717, 1.165) is 20.9 Å². The van der Waals surface area contributed by atoms with Gasteiger partial charge in [0.05, 0.1) is 61.0 Å². The van der Waals surface area contributed by atoms with Gasteiger partial charge in [0.25, 0.3) is 0 Å². The zero-order valence-electron chi connectivity index (χ0n) is 52.6. The maximum atomic E-state index is 15.1. The van der Waals surface area contributed by atoms with Gasteiger partial charge in [-0.1, -0.05) is 90.1 Å². The van der Waals surface area contributed by atoms with Crippen molar-refractivity contribution in [2.75, 3.05) is 13.1 Å². The van der Waals surface area contributed by atoms with Gasteiger partial charge in [-0.25, -0.2) is 46.1 Å². The molecule has 20 nitrogen and oxygen atoms in total. The smallest absolute Gasteiger partial charge is 0.440 e. The Morgan fingerprint density at radius 3 is 1.02 bits per heavy atom.